The van der Waals surface area contributed by atoms with Gasteiger partial charge in [-0.05, 0) is 25.4 Å². The quantitative estimate of drug-likeness (QED) is 0.561. The largest absolute Gasteiger partial charge is 0.398 e. The molecule has 0 bridgehead atoms. The van der Waals surface area contributed by atoms with E-state index in [-0.39, 0.29) is 29.7 Å². The third kappa shape index (κ3) is 1.67. The Hall–Kier alpha value is -2.70. The fraction of sp³-hybridized carbons (Fsp3) is 0.286. The van der Waals surface area contributed by atoms with Gasteiger partial charge >= 0.3 is 0 Å². The second kappa shape index (κ2) is 4.15. The molecule has 0 aromatic heterocycles. The zero-order valence-corrected chi connectivity index (χ0v) is 11.1. The highest BCUT2D eigenvalue weighted by Gasteiger charge is 2.53. The number of amides is 4. The van der Waals surface area contributed by atoms with Crippen molar-refractivity contribution in [2.75, 3.05) is 5.73 Å². The van der Waals surface area contributed by atoms with Gasteiger partial charge in [0.1, 0.15) is 5.54 Å². The van der Waals surface area contributed by atoms with Crippen LogP contribution in [0.25, 0.3) is 0 Å². The Morgan fingerprint density at radius 2 is 2.00 bits per heavy atom. The summed E-state index contributed by atoms with van der Waals surface area (Å²) in [6.07, 6.45) is -0.107. The molecule has 1 atom stereocenters. The zero-order chi connectivity index (χ0) is 18.0. The molecule has 0 radical (unpaired) electrons. The summed E-state index contributed by atoms with van der Waals surface area (Å²) < 4.78 is 23.2. The molecule has 0 saturated carbocycles. The van der Waals surface area contributed by atoms with Crippen molar-refractivity contribution in [3.63, 3.8) is 0 Å². The number of nitrogens with zero attached hydrogens (tertiary/aromatic N) is 1. The molecule has 4 amide bonds. The van der Waals surface area contributed by atoms with Crippen LogP contribution in [0, 0.1) is 0 Å². The van der Waals surface area contributed by atoms with E-state index in [2.05, 4.69) is 5.32 Å². The van der Waals surface area contributed by atoms with Crippen LogP contribution < -0.4 is 11.1 Å². The second-order valence-corrected chi connectivity index (χ2v) is 5.14. The standard InChI is InChI=1S/C14H13N3O4/c1-14(6-5-9(18)16-13(14)21)17-11(19)7-3-2-4-8(15)10(7)12(17)20/h2-4H,5-6,15H2,1H3,(H,16,18,21)/t14-/m0/s1/i2D,3D,4D. The van der Waals surface area contributed by atoms with Crippen LogP contribution in [0.3, 0.4) is 0 Å². The second-order valence-electron chi connectivity index (χ2n) is 5.14. The number of rotatable bonds is 1. The van der Waals surface area contributed by atoms with E-state index in [1.165, 1.54) is 6.92 Å². The van der Waals surface area contributed by atoms with Gasteiger partial charge < -0.3 is 5.73 Å². The summed E-state index contributed by atoms with van der Waals surface area (Å²) in [5, 5.41) is 2.09. The van der Waals surface area contributed by atoms with E-state index in [1.807, 2.05) is 0 Å². The predicted octanol–water partition coefficient (Wildman–Crippen LogP) is 0.0601. The van der Waals surface area contributed by atoms with Gasteiger partial charge in [0.15, 0.2) is 0 Å². The molecule has 2 aliphatic heterocycles. The fourth-order valence-corrected chi connectivity index (χ4v) is 2.57. The first kappa shape index (κ1) is 10.1. The number of fused-ring (bicyclic) bond motifs is 1. The van der Waals surface area contributed by atoms with E-state index in [4.69, 9.17) is 9.85 Å². The topological polar surface area (TPSA) is 110 Å². The molecule has 3 N–H and O–H groups in total. The van der Waals surface area contributed by atoms with Crippen molar-refractivity contribution in [1.82, 2.24) is 10.2 Å². The number of nitrogens with two attached hydrogens (primary N) is 1. The number of hydrogen-bond acceptors (Lipinski definition) is 5. The van der Waals surface area contributed by atoms with Gasteiger partial charge in [0.25, 0.3) is 17.7 Å². The molecule has 3 rings (SSSR count). The van der Waals surface area contributed by atoms with Gasteiger partial charge in [-0.15, -0.1) is 0 Å². The Morgan fingerprint density at radius 3 is 2.67 bits per heavy atom. The van der Waals surface area contributed by atoms with Crippen LogP contribution >= 0.6 is 0 Å². The van der Waals surface area contributed by atoms with Crippen molar-refractivity contribution < 1.29 is 23.3 Å². The van der Waals surface area contributed by atoms with Crippen molar-refractivity contribution in [1.29, 1.82) is 0 Å². The number of carbonyl (C=O) groups is 4. The van der Waals surface area contributed by atoms with Gasteiger partial charge in [-0.1, -0.05) is 6.04 Å². The molecule has 2 heterocycles. The third-order valence-corrected chi connectivity index (χ3v) is 3.81. The molecular formula is C14H13N3O4. The average molecular weight is 290 g/mol. The minimum atomic E-state index is -1.61. The normalized spacial score (nSPS) is 27.1. The number of imide groups is 2. The molecule has 0 spiro atoms. The van der Waals surface area contributed by atoms with E-state index < -0.39 is 47.3 Å². The average Bonchev–Trinajstić information content (AvgIpc) is 2.79. The predicted molar refractivity (Wildman–Crippen MR) is 72.1 cm³/mol. The minimum absolute atomic E-state index is 0.0494. The summed E-state index contributed by atoms with van der Waals surface area (Å²) in [5.41, 5.74) is 3.00. The van der Waals surface area contributed by atoms with E-state index in [9.17, 15) is 19.2 Å². The number of carbonyl (C=O) groups excluding carboxylic acids is 4. The van der Waals surface area contributed by atoms with Crippen molar-refractivity contribution in [2.45, 2.75) is 25.3 Å². The lowest BCUT2D eigenvalue weighted by Gasteiger charge is -2.38. The maximum absolute atomic E-state index is 12.7. The maximum Gasteiger partial charge on any atom is 0.264 e. The Morgan fingerprint density at radius 1 is 1.29 bits per heavy atom. The van der Waals surface area contributed by atoms with Gasteiger partial charge in [-0.2, -0.15) is 0 Å². The molecule has 7 nitrogen and oxygen atoms in total. The molecule has 1 aromatic rings. The van der Waals surface area contributed by atoms with Crippen LogP contribution in [0.1, 0.15) is 44.6 Å². The first-order valence-corrected chi connectivity index (χ1v) is 6.23. The summed E-state index contributed by atoms with van der Waals surface area (Å²) in [6, 6.07) is -1.67. The van der Waals surface area contributed by atoms with Crippen molar-refractivity contribution in [3.8, 4) is 0 Å². The van der Waals surface area contributed by atoms with Crippen LogP contribution in [-0.2, 0) is 9.59 Å². The Bertz CT molecular complexity index is 807. The van der Waals surface area contributed by atoms with Gasteiger partial charge in [-0.25, -0.2) is 0 Å². The van der Waals surface area contributed by atoms with E-state index >= 15 is 0 Å². The molecular weight excluding hydrogens is 274 g/mol. The van der Waals surface area contributed by atoms with Crippen LogP contribution in [0.4, 0.5) is 5.69 Å². The molecule has 0 unspecified atom stereocenters. The van der Waals surface area contributed by atoms with E-state index in [0.717, 1.165) is 0 Å². The van der Waals surface area contributed by atoms with Gasteiger partial charge in [0, 0.05) is 12.1 Å². The maximum atomic E-state index is 12.7. The van der Waals surface area contributed by atoms with Crippen molar-refractivity contribution >= 4 is 29.3 Å². The summed E-state index contributed by atoms with van der Waals surface area (Å²) in [7, 11) is 0. The highest BCUT2D eigenvalue weighted by Crippen LogP contribution is 2.35. The Labute approximate surface area is 124 Å². The fourth-order valence-electron chi connectivity index (χ4n) is 2.57. The number of nitrogen functional groups attached to an aromatic ring is 1. The molecule has 108 valence electrons. The minimum Gasteiger partial charge on any atom is -0.398 e. The Kier molecular flexibility index (Phi) is 1.99. The monoisotopic (exact) mass is 290 g/mol. The van der Waals surface area contributed by atoms with Crippen molar-refractivity contribution in [3.05, 3.63) is 29.3 Å². The molecule has 0 aliphatic carbocycles. The number of piperidine rings is 1. The van der Waals surface area contributed by atoms with Crippen LogP contribution in [0.15, 0.2) is 18.1 Å². The lowest BCUT2D eigenvalue weighted by atomic mass is 9.89. The first-order chi connectivity index (χ1) is 11.1. The molecule has 2 aliphatic rings. The lowest BCUT2D eigenvalue weighted by molar-refractivity contribution is -0.140. The van der Waals surface area contributed by atoms with Crippen LogP contribution in [0.5, 0.6) is 0 Å². The molecule has 1 aromatic carbocycles. The molecule has 1 saturated heterocycles. The Balaban J connectivity index is 2.18. The summed E-state index contributed by atoms with van der Waals surface area (Å²) in [6.45, 7) is 1.35. The van der Waals surface area contributed by atoms with Gasteiger partial charge in [0.05, 0.1) is 15.2 Å². The van der Waals surface area contributed by atoms with Gasteiger partial charge in [0.2, 0.25) is 5.91 Å². The first-order valence-electron chi connectivity index (χ1n) is 7.73. The van der Waals surface area contributed by atoms with Crippen LogP contribution in [-0.4, -0.2) is 34.1 Å². The molecule has 1 fully saturated rings. The molecule has 7 heteroatoms. The number of hydrogen-bond donors (Lipinski definition) is 2. The summed E-state index contributed by atoms with van der Waals surface area (Å²) in [5.74, 6) is -3.12. The van der Waals surface area contributed by atoms with Gasteiger partial charge in [-0.3, -0.25) is 29.4 Å². The third-order valence-electron chi connectivity index (χ3n) is 3.81. The molecule has 21 heavy (non-hydrogen) atoms. The highest BCUT2D eigenvalue weighted by atomic mass is 16.2. The SMILES string of the molecule is [2H]c1c([2H])c(N)c2c(c1[2H])C(=O)N([C@@]1(C)CCC(=O)NC1=O)C2=O. The van der Waals surface area contributed by atoms with E-state index in [1.54, 1.807) is 0 Å². The van der Waals surface area contributed by atoms with E-state index in [0.29, 0.717) is 4.90 Å². The highest BCUT2D eigenvalue weighted by molar-refractivity contribution is 6.26. The number of nitrogens with one attached hydrogen (secondary N) is 1. The number of benzene rings is 1. The summed E-state index contributed by atoms with van der Waals surface area (Å²) >= 11 is 0. The van der Waals surface area contributed by atoms with Crippen LogP contribution in [0.2, 0.25) is 0 Å². The smallest absolute Gasteiger partial charge is 0.264 e. The number of anilines is 1. The summed E-state index contributed by atoms with van der Waals surface area (Å²) in [4.78, 5) is 49.6. The zero-order valence-electron chi connectivity index (χ0n) is 14.1. The van der Waals surface area contributed by atoms with Crippen molar-refractivity contribution in [2.24, 2.45) is 0 Å². The lowest BCUT2D eigenvalue weighted by Crippen LogP contribution is -2.62.